The smallest absolute Gasteiger partial charge is 0.400 e. The molecule has 0 unspecified atom stereocenters. The van der Waals surface area contributed by atoms with Crippen molar-refractivity contribution in [3.8, 4) is 0 Å². The first-order valence-corrected chi connectivity index (χ1v) is 4.08. The summed E-state index contributed by atoms with van der Waals surface area (Å²) in [5, 5.41) is 8.94. The quantitative estimate of drug-likeness (QED) is 0.412. The molecule has 3 saturated heterocycles. The summed E-state index contributed by atoms with van der Waals surface area (Å²) < 4.78 is 23.5. The van der Waals surface area contributed by atoms with Crippen molar-refractivity contribution in [1.29, 1.82) is 0 Å². The molecule has 0 aromatic carbocycles. The van der Waals surface area contributed by atoms with E-state index in [1.807, 2.05) is 0 Å². The molecule has 0 amide bonds. The van der Waals surface area contributed by atoms with Crippen LogP contribution in [-0.4, -0.2) is 16.9 Å². The summed E-state index contributed by atoms with van der Waals surface area (Å²) in [6.45, 7) is 3.10. The highest BCUT2D eigenvalue weighted by molar-refractivity contribution is 7.50. The van der Waals surface area contributed by atoms with Gasteiger partial charge in [-0.3, -0.25) is 4.79 Å². The predicted octanol–water partition coefficient (Wildman–Crippen LogP) is -0.0996. The molecule has 0 radical (unpaired) electrons. The van der Waals surface area contributed by atoms with Crippen LogP contribution in [-0.2, 0) is 22.9 Å². The van der Waals surface area contributed by atoms with E-state index in [2.05, 4.69) is 20.2 Å². The van der Waals surface area contributed by atoms with Crippen molar-refractivity contribution in [2.75, 3.05) is 0 Å². The first-order chi connectivity index (χ1) is 4.95. The Labute approximate surface area is 61.0 Å². The second-order valence-corrected chi connectivity index (χ2v) is 3.50. The molecule has 0 saturated carbocycles. The van der Waals surface area contributed by atoms with Crippen molar-refractivity contribution in [1.82, 2.24) is 0 Å². The number of Topliss-reactive ketones (excluding diaryl/α,β-unsaturated/α-hetero) is 1. The third-order valence-electron chi connectivity index (χ3n) is 1.23. The van der Waals surface area contributed by atoms with Crippen molar-refractivity contribution >= 4 is 13.6 Å². The molecule has 3 rings (SSSR count). The minimum Gasteiger partial charge on any atom is -0.400 e. The number of hydrogen-bond acceptors (Lipinski definition) is 6. The summed E-state index contributed by atoms with van der Waals surface area (Å²) in [6.07, 6.45) is 0. The van der Waals surface area contributed by atoms with Gasteiger partial charge in [0.2, 0.25) is 0 Å². The van der Waals surface area contributed by atoms with Crippen molar-refractivity contribution in [3.63, 3.8) is 0 Å². The van der Waals surface area contributed by atoms with Crippen molar-refractivity contribution < 1.29 is 28.0 Å². The standard InChI is InChI=1S/C4H3O6P/c1-2-3(5)4(6)9-11(7,8-2)10-4/h6H,1H2. The largest absolute Gasteiger partial charge is 0.539 e. The van der Waals surface area contributed by atoms with Crippen LogP contribution in [0.2, 0.25) is 0 Å². The third kappa shape index (κ3) is 0.721. The molecule has 2 bridgehead atoms. The Morgan fingerprint density at radius 3 is 2.55 bits per heavy atom. The molecule has 6 nitrogen and oxygen atoms in total. The van der Waals surface area contributed by atoms with Crippen LogP contribution in [0.3, 0.4) is 0 Å². The molecule has 3 aliphatic heterocycles. The lowest BCUT2D eigenvalue weighted by Gasteiger charge is -2.43. The molecule has 11 heavy (non-hydrogen) atoms. The van der Waals surface area contributed by atoms with Crippen molar-refractivity contribution in [3.05, 3.63) is 12.3 Å². The Morgan fingerprint density at radius 1 is 1.55 bits per heavy atom. The fraction of sp³-hybridized carbons (Fsp3) is 0.250. The number of rotatable bonds is 0. The van der Waals surface area contributed by atoms with E-state index in [-0.39, 0.29) is 0 Å². The van der Waals surface area contributed by atoms with Gasteiger partial charge in [0, 0.05) is 0 Å². The lowest BCUT2D eigenvalue weighted by Crippen LogP contribution is -2.54. The summed E-state index contributed by atoms with van der Waals surface area (Å²) in [4.78, 5) is 10.8. The molecule has 3 aliphatic rings. The zero-order valence-electron chi connectivity index (χ0n) is 5.14. The van der Waals surface area contributed by atoms with Gasteiger partial charge in [0.25, 0.3) is 5.78 Å². The Hall–Kier alpha value is -0.680. The van der Waals surface area contributed by atoms with Crippen molar-refractivity contribution in [2.45, 2.75) is 5.97 Å². The highest BCUT2D eigenvalue weighted by atomic mass is 31.2. The lowest BCUT2D eigenvalue weighted by molar-refractivity contribution is -0.328. The maximum atomic E-state index is 10.8. The lowest BCUT2D eigenvalue weighted by atomic mass is 10.3. The molecule has 0 aliphatic carbocycles. The zero-order chi connectivity index (χ0) is 8.28. The van der Waals surface area contributed by atoms with E-state index in [4.69, 9.17) is 5.11 Å². The summed E-state index contributed by atoms with van der Waals surface area (Å²) >= 11 is 0. The maximum absolute atomic E-state index is 10.8. The predicted molar refractivity (Wildman–Crippen MR) is 30.0 cm³/mol. The first-order valence-electron chi connectivity index (χ1n) is 2.62. The summed E-state index contributed by atoms with van der Waals surface area (Å²) in [7, 11) is -3.67. The van der Waals surface area contributed by atoms with Gasteiger partial charge in [0.1, 0.15) is 0 Å². The number of carbonyl (C=O) groups excluding carboxylic acids is 1. The van der Waals surface area contributed by atoms with E-state index < -0.39 is 25.3 Å². The van der Waals surface area contributed by atoms with Gasteiger partial charge in [-0.15, -0.1) is 0 Å². The van der Waals surface area contributed by atoms with Gasteiger partial charge in [-0.05, 0) is 0 Å². The Balaban J connectivity index is 2.40. The van der Waals surface area contributed by atoms with Crippen LogP contribution in [0.4, 0.5) is 0 Å². The van der Waals surface area contributed by atoms with E-state index in [0.29, 0.717) is 0 Å². The molecular weight excluding hydrogens is 175 g/mol. The zero-order valence-corrected chi connectivity index (χ0v) is 6.04. The van der Waals surface area contributed by atoms with Crippen LogP contribution in [0.1, 0.15) is 0 Å². The minimum absolute atomic E-state index is 0.409. The third-order valence-corrected chi connectivity index (χ3v) is 2.62. The Bertz CT molecular complexity index is 296. The van der Waals surface area contributed by atoms with Crippen LogP contribution in [0.5, 0.6) is 0 Å². The molecule has 7 heteroatoms. The number of ketones is 1. The molecule has 1 N–H and O–H groups in total. The van der Waals surface area contributed by atoms with Crippen LogP contribution in [0, 0.1) is 0 Å². The van der Waals surface area contributed by atoms with Crippen molar-refractivity contribution in [2.24, 2.45) is 0 Å². The topological polar surface area (TPSA) is 82.1 Å². The van der Waals surface area contributed by atoms with E-state index in [1.54, 1.807) is 0 Å². The fourth-order valence-corrected chi connectivity index (χ4v) is 2.00. The van der Waals surface area contributed by atoms with E-state index in [9.17, 15) is 9.36 Å². The van der Waals surface area contributed by atoms with E-state index in [1.165, 1.54) is 0 Å². The summed E-state index contributed by atoms with van der Waals surface area (Å²) in [5.41, 5.74) is 0. The summed E-state index contributed by atoms with van der Waals surface area (Å²) in [5.74, 6) is -3.78. The SMILES string of the molecule is C=C1OP2(=O)OC(O)(O2)C1=O. The fourth-order valence-electron chi connectivity index (χ4n) is 0.783. The number of carbonyl (C=O) groups is 1. The number of hydrogen-bond donors (Lipinski definition) is 1. The van der Waals surface area contributed by atoms with Gasteiger partial charge >= 0.3 is 13.8 Å². The van der Waals surface area contributed by atoms with Gasteiger partial charge in [0.05, 0.1) is 0 Å². The second kappa shape index (κ2) is 1.56. The van der Waals surface area contributed by atoms with Gasteiger partial charge in [-0.1, -0.05) is 6.58 Å². The molecule has 60 valence electrons. The molecule has 0 aromatic rings. The van der Waals surface area contributed by atoms with Gasteiger partial charge in [-0.2, -0.15) is 0 Å². The van der Waals surface area contributed by atoms with E-state index in [0.717, 1.165) is 0 Å². The summed E-state index contributed by atoms with van der Waals surface area (Å²) in [6, 6.07) is 0. The normalized spacial score (nSPS) is 48.1. The van der Waals surface area contributed by atoms with Gasteiger partial charge in [-0.25, -0.2) is 13.6 Å². The van der Waals surface area contributed by atoms with Crippen LogP contribution in [0.15, 0.2) is 12.3 Å². The Morgan fingerprint density at radius 2 is 2.09 bits per heavy atom. The van der Waals surface area contributed by atoms with Gasteiger partial charge in [0.15, 0.2) is 5.76 Å². The number of aliphatic hydroxyl groups is 1. The average Bonchev–Trinajstić information content (AvgIpc) is 1.78. The van der Waals surface area contributed by atoms with Crippen LogP contribution >= 0.6 is 7.82 Å². The number of phosphoric ester groups is 1. The average molecular weight is 178 g/mol. The first kappa shape index (κ1) is 7.00. The second-order valence-electron chi connectivity index (χ2n) is 2.06. The van der Waals surface area contributed by atoms with Crippen LogP contribution < -0.4 is 0 Å². The molecule has 0 atom stereocenters. The van der Waals surface area contributed by atoms with Crippen LogP contribution in [0.25, 0.3) is 0 Å². The molecule has 3 heterocycles. The molecule has 0 aromatic heterocycles. The number of fused-ring (bicyclic) bond motifs is 2. The monoisotopic (exact) mass is 178 g/mol. The van der Waals surface area contributed by atoms with Gasteiger partial charge < -0.3 is 9.63 Å². The molecular formula is C4H3O6P. The molecule has 3 fully saturated rings. The molecule has 0 spiro atoms. The van der Waals surface area contributed by atoms with E-state index >= 15 is 0 Å². The Kier molecular flexibility index (Phi) is 0.994. The number of phosphoric acid groups is 1. The maximum Gasteiger partial charge on any atom is 0.539 e. The minimum atomic E-state index is -3.67. The highest BCUT2D eigenvalue weighted by Gasteiger charge is 2.68. The highest BCUT2D eigenvalue weighted by Crippen LogP contribution is 2.69.